The van der Waals surface area contributed by atoms with E-state index < -0.39 is 0 Å². The Labute approximate surface area is 110 Å². The van der Waals surface area contributed by atoms with Crippen LogP contribution in [0.1, 0.15) is 53.4 Å². The van der Waals surface area contributed by atoms with Crippen molar-refractivity contribution in [3.8, 4) is 0 Å². The van der Waals surface area contributed by atoms with Gasteiger partial charge in [0.15, 0.2) is 0 Å². The minimum Gasteiger partial charge on any atom is -0.372 e. The van der Waals surface area contributed by atoms with Gasteiger partial charge in [-0.2, -0.15) is 0 Å². The van der Waals surface area contributed by atoms with Crippen LogP contribution < -0.4 is 0 Å². The number of hydrogen-bond donors (Lipinski definition) is 0. The molecule has 0 aromatic carbocycles. The molecule has 3 nitrogen and oxygen atoms in total. The largest absolute Gasteiger partial charge is 0.372 e. The van der Waals surface area contributed by atoms with E-state index in [1.165, 1.54) is 0 Å². The van der Waals surface area contributed by atoms with E-state index in [2.05, 4.69) is 0 Å². The third kappa shape index (κ3) is 3.52. The third-order valence-corrected chi connectivity index (χ3v) is 3.63. The number of aldehydes is 2. The average molecular weight is 252 g/mol. The molecule has 1 rings (SSSR count). The molecule has 18 heavy (non-hydrogen) atoms. The van der Waals surface area contributed by atoms with Crippen LogP contribution in [0.4, 0.5) is 0 Å². The maximum atomic E-state index is 11.0. The lowest BCUT2D eigenvalue weighted by atomic mass is 9.67. The first-order valence-corrected chi connectivity index (χ1v) is 6.60. The third-order valence-electron chi connectivity index (χ3n) is 3.63. The van der Waals surface area contributed by atoms with E-state index in [4.69, 9.17) is 4.74 Å². The fraction of sp³-hybridized carbons (Fsp3) is 0.733. The predicted molar refractivity (Wildman–Crippen MR) is 71.4 cm³/mol. The lowest BCUT2D eigenvalue weighted by Gasteiger charge is -2.45. The van der Waals surface area contributed by atoms with Gasteiger partial charge < -0.3 is 9.53 Å². The van der Waals surface area contributed by atoms with E-state index in [-0.39, 0.29) is 17.1 Å². The Balaban J connectivity index is 3.03. The minimum absolute atomic E-state index is 0.00245. The van der Waals surface area contributed by atoms with Crippen molar-refractivity contribution in [2.75, 3.05) is 0 Å². The Hall–Kier alpha value is -0.960. The van der Waals surface area contributed by atoms with E-state index in [1.807, 2.05) is 27.7 Å². The fourth-order valence-electron chi connectivity index (χ4n) is 2.70. The van der Waals surface area contributed by atoms with E-state index >= 15 is 0 Å². The highest BCUT2D eigenvalue weighted by Gasteiger charge is 2.42. The van der Waals surface area contributed by atoms with Crippen LogP contribution in [0.15, 0.2) is 11.6 Å². The molecule has 0 bridgehead atoms. The van der Waals surface area contributed by atoms with Crippen LogP contribution in [0, 0.1) is 5.41 Å². The molecule has 0 unspecified atom stereocenters. The van der Waals surface area contributed by atoms with Crippen LogP contribution in [0.2, 0.25) is 0 Å². The zero-order chi connectivity index (χ0) is 13.8. The summed E-state index contributed by atoms with van der Waals surface area (Å²) >= 11 is 0. The van der Waals surface area contributed by atoms with E-state index in [9.17, 15) is 9.59 Å². The topological polar surface area (TPSA) is 43.4 Å². The summed E-state index contributed by atoms with van der Waals surface area (Å²) in [5, 5.41) is 0. The summed E-state index contributed by atoms with van der Waals surface area (Å²) in [4.78, 5) is 21.7. The quantitative estimate of drug-likeness (QED) is 0.570. The van der Waals surface area contributed by atoms with Gasteiger partial charge in [-0.25, -0.2) is 0 Å². The first-order chi connectivity index (χ1) is 8.33. The normalized spacial score (nSPS) is 31.3. The number of hydrogen-bond acceptors (Lipinski definition) is 3. The molecule has 3 heteroatoms. The SMILES string of the molecule is CC(C)(C)O[C@H]1CCC/C(=C\C=O)[C@]1(C)CC=O. The Morgan fingerprint density at radius 3 is 2.56 bits per heavy atom. The van der Waals surface area contributed by atoms with Gasteiger partial charge >= 0.3 is 0 Å². The van der Waals surface area contributed by atoms with Crippen LogP contribution in [-0.2, 0) is 14.3 Å². The lowest BCUT2D eigenvalue weighted by Crippen LogP contribution is -2.43. The average Bonchev–Trinajstić information content (AvgIpc) is 2.23. The molecule has 0 heterocycles. The van der Waals surface area contributed by atoms with Gasteiger partial charge in [0.2, 0.25) is 0 Å². The molecule has 0 aromatic rings. The molecule has 0 aromatic heterocycles. The number of rotatable bonds is 4. The maximum absolute atomic E-state index is 11.0. The molecule has 102 valence electrons. The molecule has 0 amide bonds. The highest BCUT2D eigenvalue weighted by atomic mass is 16.5. The van der Waals surface area contributed by atoms with Crippen LogP contribution in [0.25, 0.3) is 0 Å². The van der Waals surface area contributed by atoms with Gasteiger partial charge in [-0.3, -0.25) is 4.79 Å². The van der Waals surface area contributed by atoms with Crippen molar-refractivity contribution >= 4 is 12.6 Å². The second-order valence-corrected chi connectivity index (χ2v) is 6.23. The summed E-state index contributed by atoms with van der Waals surface area (Å²) in [6, 6.07) is 0. The number of carbonyl (C=O) groups is 2. The van der Waals surface area contributed by atoms with E-state index in [0.29, 0.717) is 6.42 Å². The van der Waals surface area contributed by atoms with Gasteiger partial charge in [-0.05, 0) is 46.1 Å². The molecule has 0 aliphatic heterocycles. The molecule has 1 aliphatic carbocycles. The predicted octanol–water partition coefficient (Wildman–Crippen LogP) is 3.07. The number of carbonyl (C=O) groups excluding carboxylic acids is 2. The molecule has 0 saturated heterocycles. The highest BCUT2D eigenvalue weighted by Crippen LogP contribution is 2.45. The first kappa shape index (κ1) is 15.1. The zero-order valence-electron chi connectivity index (χ0n) is 11.9. The van der Waals surface area contributed by atoms with E-state index in [0.717, 1.165) is 37.4 Å². The number of allylic oxidation sites excluding steroid dienone is 1. The summed E-state index contributed by atoms with van der Waals surface area (Å²) in [7, 11) is 0. The summed E-state index contributed by atoms with van der Waals surface area (Å²) in [5.74, 6) is 0. The molecule has 0 N–H and O–H groups in total. The van der Waals surface area contributed by atoms with Crippen LogP contribution >= 0.6 is 0 Å². The smallest absolute Gasteiger partial charge is 0.142 e. The van der Waals surface area contributed by atoms with Gasteiger partial charge in [0, 0.05) is 11.8 Å². The van der Waals surface area contributed by atoms with Crippen molar-refractivity contribution < 1.29 is 14.3 Å². The monoisotopic (exact) mass is 252 g/mol. The summed E-state index contributed by atoms with van der Waals surface area (Å²) in [6.07, 6.45) is 6.61. The fourth-order valence-corrected chi connectivity index (χ4v) is 2.70. The standard InChI is InChI=1S/C15H24O3/c1-14(2,3)18-13-7-5-6-12(8-10-16)15(13,4)9-11-17/h8,10-11,13H,5-7,9H2,1-4H3/b12-8+/t13-,15-/m0/s1. The Morgan fingerprint density at radius 2 is 2.06 bits per heavy atom. The van der Waals surface area contributed by atoms with Crippen LogP contribution in [0.5, 0.6) is 0 Å². The second-order valence-electron chi connectivity index (χ2n) is 6.23. The van der Waals surface area contributed by atoms with Gasteiger partial charge in [-0.15, -0.1) is 0 Å². The molecular weight excluding hydrogens is 228 g/mol. The van der Waals surface area contributed by atoms with Gasteiger partial charge in [-0.1, -0.05) is 12.5 Å². The van der Waals surface area contributed by atoms with Crippen LogP contribution in [0.3, 0.4) is 0 Å². The Kier molecular flexibility index (Phi) is 4.85. The minimum atomic E-state index is -0.339. The summed E-state index contributed by atoms with van der Waals surface area (Å²) in [5.41, 5.74) is 0.470. The van der Waals surface area contributed by atoms with Gasteiger partial charge in [0.1, 0.15) is 12.6 Å². The zero-order valence-corrected chi connectivity index (χ0v) is 11.9. The second kappa shape index (κ2) is 5.79. The van der Waals surface area contributed by atoms with Gasteiger partial charge in [0.05, 0.1) is 11.7 Å². The first-order valence-electron chi connectivity index (χ1n) is 6.60. The molecule has 1 fully saturated rings. The summed E-state index contributed by atoms with van der Waals surface area (Å²) in [6.45, 7) is 8.09. The molecule has 0 spiro atoms. The highest BCUT2D eigenvalue weighted by molar-refractivity contribution is 5.67. The molecule has 1 saturated carbocycles. The Morgan fingerprint density at radius 1 is 1.39 bits per heavy atom. The van der Waals surface area contributed by atoms with Crippen molar-refractivity contribution in [3.05, 3.63) is 11.6 Å². The van der Waals surface area contributed by atoms with Crippen molar-refractivity contribution in [1.82, 2.24) is 0 Å². The van der Waals surface area contributed by atoms with Crippen molar-refractivity contribution in [2.24, 2.45) is 5.41 Å². The number of ether oxygens (including phenoxy) is 1. The van der Waals surface area contributed by atoms with Crippen molar-refractivity contribution in [2.45, 2.75) is 65.1 Å². The van der Waals surface area contributed by atoms with Crippen molar-refractivity contribution in [3.63, 3.8) is 0 Å². The lowest BCUT2D eigenvalue weighted by molar-refractivity contribution is -0.127. The van der Waals surface area contributed by atoms with Crippen molar-refractivity contribution in [1.29, 1.82) is 0 Å². The molecule has 2 atom stereocenters. The van der Waals surface area contributed by atoms with Crippen LogP contribution in [-0.4, -0.2) is 24.3 Å². The van der Waals surface area contributed by atoms with E-state index in [1.54, 1.807) is 6.08 Å². The molecule has 1 aliphatic rings. The Bertz CT molecular complexity index is 338. The molecule has 0 radical (unpaired) electrons. The maximum Gasteiger partial charge on any atom is 0.142 e. The molecular formula is C15H24O3. The van der Waals surface area contributed by atoms with Gasteiger partial charge in [0.25, 0.3) is 0 Å². The summed E-state index contributed by atoms with van der Waals surface area (Å²) < 4.78 is 6.11.